The van der Waals surface area contributed by atoms with E-state index in [9.17, 15) is 10.2 Å². The third-order valence-corrected chi connectivity index (χ3v) is 5.99. The Balaban J connectivity index is 2.25. The van der Waals surface area contributed by atoms with Gasteiger partial charge in [-0.05, 0) is 66.9 Å². The lowest BCUT2D eigenvalue weighted by molar-refractivity contribution is 0.445. The molecule has 3 N–H and O–H groups in total. The monoisotopic (exact) mass is 437 g/mol. The molecular formula is C25H31N3O2S. The van der Waals surface area contributed by atoms with E-state index in [2.05, 4.69) is 42.2 Å². The third kappa shape index (κ3) is 4.26. The van der Waals surface area contributed by atoms with Gasteiger partial charge in [0.05, 0.1) is 5.70 Å². The number of nitrogens with one attached hydrogen (secondary N) is 1. The molecule has 0 saturated carbocycles. The highest BCUT2D eigenvalue weighted by atomic mass is 32.1. The molecule has 5 nitrogen and oxygen atoms in total. The molecule has 0 aliphatic carbocycles. The Labute approximate surface area is 189 Å². The average Bonchev–Trinajstić information content (AvgIpc) is 3.08. The molecule has 31 heavy (non-hydrogen) atoms. The van der Waals surface area contributed by atoms with Crippen LogP contribution >= 0.6 is 12.2 Å². The number of nitrogens with zero attached hydrogens (tertiary/aromatic N) is 2. The van der Waals surface area contributed by atoms with E-state index in [0.717, 1.165) is 35.3 Å². The molecule has 0 radical (unpaired) electrons. The van der Waals surface area contributed by atoms with Crippen molar-refractivity contribution in [3.05, 3.63) is 59.3 Å². The van der Waals surface area contributed by atoms with Gasteiger partial charge in [-0.15, -0.1) is 0 Å². The van der Waals surface area contributed by atoms with Gasteiger partial charge in [0.25, 0.3) is 0 Å². The molecule has 0 amide bonds. The maximum atomic E-state index is 10.7. The van der Waals surface area contributed by atoms with Crippen LogP contribution in [0.5, 0.6) is 11.5 Å². The lowest BCUT2D eigenvalue weighted by Crippen LogP contribution is -2.36. The summed E-state index contributed by atoms with van der Waals surface area (Å²) in [7, 11) is 3.85. The van der Waals surface area contributed by atoms with E-state index in [1.807, 2.05) is 37.0 Å². The fraction of sp³-hybridized carbons (Fsp3) is 0.320. The minimum atomic E-state index is 0.0216. The van der Waals surface area contributed by atoms with Gasteiger partial charge in [-0.25, -0.2) is 0 Å². The summed E-state index contributed by atoms with van der Waals surface area (Å²) in [6.45, 7) is 6.18. The number of rotatable bonds is 6. The lowest BCUT2D eigenvalue weighted by atomic mass is 10.0. The Kier molecular flexibility index (Phi) is 6.91. The quantitative estimate of drug-likeness (QED) is 0.446. The summed E-state index contributed by atoms with van der Waals surface area (Å²) in [6.07, 6.45) is 6.56. The van der Waals surface area contributed by atoms with Crippen molar-refractivity contribution in [2.45, 2.75) is 40.0 Å². The van der Waals surface area contributed by atoms with Crippen molar-refractivity contribution < 1.29 is 10.2 Å². The standard InChI is InChI=1S/C25H31N3O2S/c1-6-9-22(20-12-16(7-2)23(29)14-24(20)30)28(25(31)26-4)18-10-11-21-19(13-18)17(8-3)15-27(21)5/h9-15,29-30H,6-8H2,1-5H3,(H,26,31). The summed E-state index contributed by atoms with van der Waals surface area (Å²) in [4.78, 5) is 1.95. The lowest BCUT2D eigenvalue weighted by Gasteiger charge is -2.29. The normalized spacial score (nSPS) is 11.7. The number of hydrogen-bond acceptors (Lipinski definition) is 3. The maximum Gasteiger partial charge on any atom is 0.177 e. The van der Waals surface area contributed by atoms with Gasteiger partial charge < -0.3 is 20.1 Å². The average molecular weight is 438 g/mol. The Hall–Kier alpha value is -2.99. The zero-order valence-electron chi connectivity index (χ0n) is 18.9. The highest BCUT2D eigenvalue weighted by Gasteiger charge is 2.22. The topological polar surface area (TPSA) is 60.7 Å². The Morgan fingerprint density at radius 2 is 1.77 bits per heavy atom. The first-order valence-corrected chi connectivity index (χ1v) is 11.1. The summed E-state index contributed by atoms with van der Waals surface area (Å²) in [6, 6.07) is 9.56. The summed E-state index contributed by atoms with van der Waals surface area (Å²) >= 11 is 5.71. The van der Waals surface area contributed by atoms with Crippen LogP contribution in [0.15, 0.2) is 42.6 Å². The van der Waals surface area contributed by atoms with Crippen LogP contribution in [0.25, 0.3) is 16.6 Å². The smallest absolute Gasteiger partial charge is 0.177 e. The van der Waals surface area contributed by atoms with Gasteiger partial charge in [0.1, 0.15) is 11.5 Å². The van der Waals surface area contributed by atoms with Gasteiger partial charge in [-0.1, -0.05) is 26.8 Å². The first-order valence-electron chi connectivity index (χ1n) is 10.7. The number of thiocarbonyl (C=S) groups is 1. The van der Waals surface area contributed by atoms with E-state index < -0.39 is 0 Å². The van der Waals surface area contributed by atoms with Gasteiger partial charge in [0.15, 0.2) is 5.11 Å². The largest absolute Gasteiger partial charge is 0.508 e. The number of aromatic nitrogens is 1. The second kappa shape index (κ2) is 9.43. The van der Waals surface area contributed by atoms with Gasteiger partial charge in [-0.2, -0.15) is 0 Å². The summed E-state index contributed by atoms with van der Waals surface area (Å²) < 4.78 is 2.14. The number of anilines is 1. The van der Waals surface area contributed by atoms with Gasteiger partial charge in [0.2, 0.25) is 0 Å². The Morgan fingerprint density at radius 1 is 1.06 bits per heavy atom. The Morgan fingerprint density at radius 3 is 2.39 bits per heavy atom. The fourth-order valence-electron chi connectivity index (χ4n) is 3.99. The third-order valence-electron chi connectivity index (χ3n) is 5.60. The number of phenolic OH excluding ortho intramolecular Hbond substituents is 2. The summed E-state index contributed by atoms with van der Waals surface area (Å²) in [5.41, 5.74) is 5.55. The molecule has 3 aromatic rings. The number of aromatic hydroxyl groups is 2. The fourth-order valence-corrected chi connectivity index (χ4v) is 4.19. The van der Waals surface area contributed by atoms with Gasteiger partial charge in [-0.3, -0.25) is 4.90 Å². The number of benzene rings is 2. The highest BCUT2D eigenvalue weighted by molar-refractivity contribution is 7.80. The number of hydrogen-bond donors (Lipinski definition) is 3. The molecule has 0 unspecified atom stereocenters. The van der Waals surface area contributed by atoms with Crippen LogP contribution in [0, 0.1) is 0 Å². The van der Waals surface area contributed by atoms with Crippen LogP contribution in [0.4, 0.5) is 5.69 Å². The van der Waals surface area contributed by atoms with Crippen molar-refractivity contribution in [1.29, 1.82) is 0 Å². The van der Waals surface area contributed by atoms with Crippen LogP contribution in [-0.4, -0.2) is 26.9 Å². The number of phenols is 2. The molecule has 164 valence electrons. The van der Waals surface area contributed by atoms with Crippen molar-refractivity contribution in [2.75, 3.05) is 11.9 Å². The maximum absolute atomic E-state index is 10.7. The minimum Gasteiger partial charge on any atom is -0.508 e. The highest BCUT2D eigenvalue weighted by Crippen LogP contribution is 2.37. The molecular weight excluding hydrogens is 406 g/mol. The van der Waals surface area contributed by atoms with Crippen molar-refractivity contribution in [3.8, 4) is 11.5 Å². The molecule has 0 atom stereocenters. The van der Waals surface area contributed by atoms with E-state index in [1.54, 1.807) is 7.05 Å². The number of allylic oxidation sites excluding steroid dienone is 1. The minimum absolute atomic E-state index is 0.0216. The zero-order chi connectivity index (χ0) is 22.7. The molecule has 6 heteroatoms. The predicted molar refractivity (Wildman–Crippen MR) is 134 cm³/mol. The molecule has 0 bridgehead atoms. The first-order chi connectivity index (χ1) is 14.9. The van der Waals surface area contributed by atoms with E-state index in [-0.39, 0.29) is 11.5 Å². The molecule has 0 aliphatic rings. The second-order valence-corrected chi connectivity index (χ2v) is 7.95. The van der Waals surface area contributed by atoms with E-state index in [0.29, 0.717) is 17.1 Å². The molecule has 0 aliphatic heterocycles. The summed E-state index contributed by atoms with van der Waals surface area (Å²) in [5, 5.41) is 25.7. The van der Waals surface area contributed by atoms with Crippen LogP contribution in [0.3, 0.4) is 0 Å². The molecule has 0 fully saturated rings. The van der Waals surface area contributed by atoms with Gasteiger partial charge >= 0.3 is 0 Å². The van der Waals surface area contributed by atoms with Crippen LogP contribution in [0.1, 0.15) is 43.9 Å². The van der Waals surface area contributed by atoms with Crippen molar-refractivity contribution in [2.24, 2.45) is 7.05 Å². The van der Waals surface area contributed by atoms with E-state index in [4.69, 9.17) is 12.2 Å². The number of aryl methyl sites for hydroxylation is 3. The predicted octanol–water partition coefficient (Wildman–Crippen LogP) is 5.48. The van der Waals surface area contributed by atoms with E-state index >= 15 is 0 Å². The van der Waals surface area contributed by atoms with Crippen LogP contribution < -0.4 is 10.2 Å². The zero-order valence-corrected chi connectivity index (χ0v) is 19.7. The Bertz CT molecular complexity index is 1150. The number of fused-ring (bicyclic) bond motifs is 1. The first kappa shape index (κ1) is 22.7. The van der Waals surface area contributed by atoms with Crippen LogP contribution in [0.2, 0.25) is 0 Å². The summed E-state index contributed by atoms with van der Waals surface area (Å²) in [5.74, 6) is 0.119. The molecule has 0 saturated heterocycles. The SMILES string of the molecule is CCC=C(c1cc(CC)c(O)cc1O)N(C(=S)NC)c1ccc2c(c1)c(CC)cn2C. The van der Waals surface area contributed by atoms with Crippen LogP contribution in [-0.2, 0) is 19.9 Å². The second-order valence-electron chi connectivity index (χ2n) is 7.56. The molecule has 1 aromatic heterocycles. The van der Waals surface area contributed by atoms with E-state index in [1.165, 1.54) is 17.0 Å². The molecule has 3 rings (SSSR count). The van der Waals surface area contributed by atoms with Crippen molar-refractivity contribution >= 4 is 39.6 Å². The molecule has 0 spiro atoms. The molecule has 2 aromatic carbocycles. The molecule has 1 heterocycles. The van der Waals surface area contributed by atoms with Gasteiger partial charge in [0, 0.05) is 48.5 Å². The van der Waals surface area contributed by atoms with Crippen molar-refractivity contribution in [3.63, 3.8) is 0 Å². The van der Waals surface area contributed by atoms with Crippen molar-refractivity contribution in [1.82, 2.24) is 9.88 Å².